The highest BCUT2D eigenvalue weighted by molar-refractivity contribution is 9.10. The van der Waals surface area contributed by atoms with Gasteiger partial charge in [0.2, 0.25) is 0 Å². The predicted octanol–water partition coefficient (Wildman–Crippen LogP) is 4.27. The molecule has 0 bridgehead atoms. The van der Waals surface area contributed by atoms with Crippen LogP contribution >= 0.6 is 15.9 Å². The second kappa shape index (κ2) is 7.84. The Labute approximate surface area is 139 Å². The third-order valence-electron chi connectivity index (χ3n) is 2.95. The number of urea groups is 1. The molecule has 2 rings (SSSR count). The van der Waals surface area contributed by atoms with Crippen LogP contribution in [0.4, 0.5) is 10.5 Å². The first-order chi connectivity index (χ1) is 10.5. The molecule has 0 aliphatic rings. The van der Waals surface area contributed by atoms with Gasteiger partial charge in [0.05, 0.1) is 6.54 Å². The smallest absolute Gasteiger partial charge is 0.319 e. The molecule has 2 N–H and O–H groups in total. The summed E-state index contributed by atoms with van der Waals surface area (Å²) in [5, 5.41) is 5.59. The van der Waals surface area contributed by atoms with E-state index in [0.717, 1.165) is 27.0 Å². The van der Waals surface area contributed by atoms with Crippen molar-refractivity contribution >= 4 is 27.6 Å². The third kappa shape index (κ3) is 5.41. The molecular formula is C17H19BrN2O2. The van der Waals surface area contributed by atoms with Gasteiger partial charge in [-0.25, -0.2) is 4.79 Å². The van der Waals surface area contributed by atoms with E-state index in [0.29, 0.717) is 13.2 Å². The summed E-state index contributed by atoms with van der Waals surface area (Å²) >= 11 is 3.37. The summed E-state index contributed by atoms with van der Waals surface area (Å²) in [7, 11) is 0. The van der Waals surface area contributed by atoms with Crippen molar-refractivity contribution in [2.75, 3.05) is 18.5 Å². The monoisotopic (exact) mass is 362 g/mol. The number of nitrogens with one attached hydrogen (secondary N) is 2. The summed E-state index contributed by atoms with van der Waals surface area (Å²) in [4.78, 5) is 11.8. The molecule has 2 amide bonds. The van der Waals surface area contributed by atoms with Gasteiger partial charge in [0.1, 0.15) is 12.4 Å². The molecule has 2 aromatic carbocycles. The normalized spacial score (nSPS) is 10.1. The number of amides is 2. The van der Waals surface area contributed by atoms with Gasteiger partial charge in [0.25, 0.3) is 0 Å². The quantitative estimate of drug-likeness (QED) is 0.780. The fourth-order valence-electron chi connectivity index (χ4n) is 2.09. The number of rotatable bonds is 5. The van der Waals surface area contributed by atoms with Gasteiger partial charge >= 0.3 is 6.03 Å². The van der Waals surface area contributed by atoms with Crippen LogP contribution in [0.25, 0.3) is 0 Å². The molecular weight excluding hydrogens is 344 g/mol. The van der Waals surface area contributed by atoms with Gasteiger partial charge in [0, 0.05) is 10.2 Å². The molecule has 0 heterocycles. The zero-order valence-corrected chi connectivity index (χ0v) is 14.2. The Morgan fingerprint density at radius 2 is 1.73 bits per heavy atom. The number of ether oxygens (including phenoxy) is 1. The second-order valence-electron chi connectivity index (χ2n) is 5.06. The van der Waals surface area contributed by atoms with Crippen molar-refractivity contribution in [3.05, 3.63) is 58.1 Å². The van der Waals surface area contributed by atoms with Gasteiger partial charge in [-0.2, -0.15) is 0 Å². The summed E-state index contributed by atoms with van der Waals surface area (Å²) in [6, 6.07) is 13.3. The molecule has 116 valence electrons. The highest BCUT2D eigenvalue weighted by Crippen LogP contribution is 2.16. The van der Waals surface area contributed by atoms with Crippen LogP contribution in [-0.4, -0.2) is 19.2 Å². The average Bonchev–Trinajstić information content (AvgIpc) is 2.44. The maximum absolute atomic E-state index is 11.8. The zero-order chi connectivity index (χ0) is 15.9. The molecule has 4 nitrogen and oxygen atoms in total. The molecule has 0 spiro atoms. The van der Waals surface area contributed by atoms with Gasteiger partial charge in [-0.05, 0) is 61.4 Å². The van der Waals surface area contributed by atoms with Crippen molar-refractivity contribution in [3.8, 4) is 5.75 Å². The van der Waals surface area contributed by atoms with Crippen molar-refractivity contribution in [2.45, 2.75) is 13.8 Å². The number of hydrogen-bond donors (Lipinski definition) is 2. The van der Waals surface area contributed by atoms with Gasteiger partial charge in [0.15, 0.2) is 0 Å². The molecule has 0 aliphatic heterocycles. The minimum atomic E-state index is -0.232. The Kier molecular flexibility index (Phi) is 5.83. The van der Waals surface area contributed by atoms with E-state index < -0.39 is 0 Å². The number of benzene rings is 2. The van der Waals surface area contributed by atoms with Crippen molar-refractivity contribution in [1.29, 1.82) is 0 Å². The van der Waals surface area contributed by atoms with Crippen LogP contribution in [0.1, 0.15) is 11.1 Å². The SMILES string of the molecule is Cc1cc(C)cc(NC(=O)NCCOc2ccc(Br)cc2)c1. The molecule has 0 unspecified atom stereocenters. The highest BCUT2D eigenvalue weighted by Gasteiger charge is 2.02. The number of halogens is 1. The zero-order valence-electron chi connectivity index (χ0n) is 12.7. The standard InChI is InChI=1S/C17H19BrN2O2/c1-12-9-13(2)11-15(10-12)20-17(21)19-7-8-22-16-5-3-14(18)4-6-16/h3-6,9-11H,7-8H2,1-2H3,(H2,19,20,21). The van der Waals surface area contributed by atoms with Crippen molar-refractivity contribution in [2.24, 2.45) is 0 Å². The van der Waals surface area contributed by atoms with Gasteiger partial charge < -0.3 is 15.4 Å². The van der Waals surface area contributed by atoms with Gasteiger partial charge in [-0.3, -0.25) is 0 Å². The second-order valence-corrected chi connectivity index (χ2v) is 5.98. The van der Waals surface area contributed by atoms with E-state index in [-0.39, 0.29) is 6.03 Å². The average molecular weight is 363 g/mol. The van der Waals surface area contributed by atoms with Crippen LogP contribution in [0.5, 0.6) is 5.75 Å². The summed E-state index contributed by atoms with van der Waals surface area (Å²) in [5.74, 6) is 0.778. The first kappa shape index (κ1) is 16.4. The van der Waals surface area contributed by atoms with Gasteiger partial charge in [-0.1, -0.05) is 22.0 Å². The molecule has 5 heteroatoms. The predicted molar refractivity (Wildman–Crippen MR) is 92.6 cm³/mol. The lowest BCUT2D eigenvalue weighted by Gasteiger charge is -2.10. The minimum Gasteiger partial charge on any atom is -0.492 e. The molecule has 0 atom stereocenters. The lowest BCUT2D eigenvalue weighted by atomic mass is 10.1. The van der Waals surface area contributed by atoms with Crippen molar-refractivity contribution < 1.29 is 9.53 Å². The Morgan fingerprint density at radius 1 is 1.09 bits per heavy atom. The lowest BCUT2D eigenvalue weighted by molar-refractivity contribution is 0.247. The summed E-state index contributed by atoms with van der Waals surface area (Å²) < 4.78 is 6.54. The largest absolute Gasteiger partial charge is 0.492 e. The fourth-order valence-corrected chi connectivity index (χ4v) is 2.35. The Hall–Kier alpha value is -2.01. The van der Waals surface area contributed by atoms with E-state index in [1.165, 1.54) is 0 Å². The molecule has 0 saturated carbocycles. The maximum Gasteiger partial charge on any atom is 0.319 e. The first-order valence-corrected chi connectivity index (χ1v) is 7.84. The minimum absolute atomic E-state index is 0.232. The Balaban J connectivity index is 1.72. The van der Waals surface area contributed by atoms with E-state index in [2.05, 4.69) is 32.6 Å². The van der Waals surface area contributed by atoms with E-state index in [9.17, 15) is 4.79 Å². The number of carbonyl (C=O) groups is 1. The molecule has 0 radical (unpaired) electrons. The van der Waals surface area contributed by atoms with Crippen molar-refractivity contribution in [3.63, 3.8) is 0 Å². The summed E-state index contributed by atoms with van der Waals surface area (Å²) in [6.45, 7) is 4.86. The molecule has 0 fully saturated rings. The number of anilines is 1. The molecule has 2 aromatic rings. The number of aryl methyl sites for hydroxylation is 2. The molecule has 0 aliphatic carbocycles. The first-order valence-electron chi connectivity index (χ1n) is 7.04. The van der Waals surface area contributed by atoms with Crippen LogP contribution in [0.2, 0.25) is 0 Å². The van der Waals surface area contributed by atoms with E-state index in [4.69, 9.17) is 4.74 Å². The van der Waals surface area contributed by atoms with E-state index in [1.54, 1.807) is 0 Å². The van der Waals surface area contributed by atoms with Crippen molar-refractivity contribution in [1.82, 2.24) is 5.32 Å². The number of hydrogen-bond acceptors (Lipinski definition) is 2. The van der Waals surface area contributed by atoms with Crippen LogP contribution in [0.3, 0.4) is 0 Å². The Morgan fingerprint density at radius 3 is 2.36 bits per heavy atom. The lowest BCUT2D eigenvalue weighted by Crippen LogP contribution is -2.32. The van der Waals surface area contributed by atoms with E-state index in [1.807, 2.05) is 50.2 Å². The fraction of sp³-hybridized carbons (Fsp3) is 0.235. The summed E-state index contributed by atoms with van der Waals surface area (Å²) in [6.07, 6.45) is 0. The Bertz CT molecular complexity index is 621. The highest BCUT2D eigenvalue weighted by atomic mass is 79.9. The topological polar surface area (TPSA) is 50.4 Å². The molecule has 22 heavy (non-hydrogen) atoms. The molecule has 0 saturated heterocycles. The van der Waals surface area contributed by atoms with Crippen LogP contribution in [0.15, 0.2) is 46.9 Å². The maximum atomic E-state index is 11.8. The van der Waals surface area contributed by atoms with Crippen LogP contribution in [0, 0.1) is 13.8 Å². The van der Waals surface area contributed by atoms with Gasteiger partial charge in [-0.15, -0.1) is 0 Å². The van der Waals surface area contributed by atoms with E-state index >= 15 is 0 Å². The molecule has 0 aromatic heterocycles. The van der Waals surface area contributed by atoms with Crippen LogP contribution in [-0.2, 0) is 0 Å². The third-order valence-corrected chi connectivity index (χ3v) is 3.48. The van der Waals surface area contributed by atoms with Crippen LogP contribution < -0.4 is 15.4 Å². The summed E-state index contributed by atoms with van der Waals surface area (Å²) in [5.41, 5.74) is 3.03. The number of carbonyl (C=O) groups excluding carboxylic acids is 1.